The van der Waals surface area contributed by atoms with Crippen LogP contribution in [0.4, 0.5) is 0 Å². The van der Waals surface area contributed by atoms with Crippen molar-refractivity contribution in [3.8, 4) is 0 Å². The van der Waals surface area contributed by atoms with E-state index < -0.39 is 0 Å². The summed E-state index contributed by atoms with van der Waals surface area (Å²) in [6.07, 6.45) is 3.59. The maximum atomic E-state index is 2.47. The van der Waals surface area contributed by atoms with E-state index >= 15 is 0 Å². The van der Waals surface area contributed by atoms with Crippen LogP contribution in [0.3, 0.4) is 0 Å². The number of likely N-dealkylation sites (N-methyl/N-ethyl adjacent to an activating group) is 1. The van der Waals surface area contributed by atoms with E-state index in [1.165, 1.54) is 31.6 Å². The quantitative estimate of drug-likeness (QED) is 0.482. The minimum Gasteiger partial charge on any atom is -0.299 e. The Labute approximate surface area is 57.4 Å². The highest BCUT2D eigenvalue weighted by atomic mass is 15.1. The summed E-state index contributed by atoms with van der Waals surface area (Å²) in [7, 11) is 0. The lowest BCUT2D eigenvalue weighted by Crippen LogP contribution is -2.28. The fraction of sp³-hybridized carbons (Fsp3) is 0.750. The summed E-state index contributed by atoms with van der Waals surface area (Å²) < 4.78 is 0. The van der Waals surface area contributed by atoms with Crippen molar-refractivity contribution in [1.29, 1.82) is 0 Å². The molecule has 0 N–H and O–H groups in total. The van der Waals surface area contributed by atoms with E-state index in [0.29, 0.717) is 0 Å². The van der Waals surface area contributed by atoms with Gasteiger partial charge in [0.15, 0.2) is 0 Å². The van der Waals surface area contributed by atoms with Crippen LogP contribution in [0.2, 0.25) is 0 Å². The van der Waals surface area contributed by atoms with E-state index in [-0.39, 0.29) is 0 Å². The van der Waals surface area contributed by atoms with E-state index in [0.717, 1.165) is 0 Å². The van der Waals surface area contributed by atoms with Crippen molar-refractivity contribution in [1.82, 2.24) is 4.90 Å². The first kappa shape index (κ1) is 6.81. The Morgan fingerprint density at radius 2 is 2.44 bits per heavy atom. The maximum absolute atomic E-state index is 2.47. The molecule has 0 saturated heterocycles. The fourth-order valence-electron chi connectivity index (χ4n) is 1.26. The van der Waals surface area contributed by atoms with E-state index in [1.807, 2.05) is 0 Å². The topological polar surface area (TPSA) is 3.24 Å². The van der Waals surface area contributed by atoms with Crippen LogP contribution < -0.4 is 0 Å². The van der Waals surface area contributed by atoms with Crippen molar-refractivity contribution in [3.63, 3.8) is 0 Å². The van der Waals surface area contributed by atoms with E-state index in [1.54, 1.807) is 0 Å². The Hall–Kier alpha value is -0.300. The summed E-state index contributed by atoms with van der Waals surface area (Å²) in [6, 6.07) is 0. The largest absolute Gasteiger partial charge is 0.299 e. The molecule has 1 aliphatic rings. The fourth-order valence-corrected chi connectivity index (χ4v) is 1.26. The molecule has 0 atom stereocenters. The van der Waals surface area contributed by atoms with Crippen molar-refractivity contribution >= 4 is 0 Å². The Balaban J connectivity index is 2.39. The molecule has 0 saturated carbocycles. The van der Waals surface area contributed by atoms with Gasteiger partial charge in [0.05, 0.1) is 0 Å². The molecule has 0 aromatic carbocycles. The zero-order valence-electron chi connectivity index (χ0n) is 6.35. The normalized spacial score (nSPS) is 21.8. The van der Waals surface area contributed by atoms with Gasteiger partial charge in [0.25, 0.3) is 0 Å². The molecular weight excluding hydrogens is 110 g/mol. The van der Waals surface area contributed by atoms with Crippen molar-refractivity contribution in [2.24, 2.45) is 0 Å². The van der Waals surface area contributed by atoms with Gasteiger partial charge in [-0.3, -0.25) is 4.90 Å². The summed E-state index contributed by atoms with van der Waals surface area (Å²) in [5, 5.41) is 0. The van der Waals surface area contributed by atoms with Gasteiger partial charge in [-0.25, -0.2) is 0 Å². The zero-order valence-corrected chi connectivity index (χ0v) is 6.35. The van der Waals surface area contributed by atoms with E-state index in [4.69, 9.17) is 0 Å². The lowest BCUT2D eigenvalue weighted by atomic mass is 10.1. The summed E-state index contributed by atoms with van der Waals surface area (Å²) in [5.74, 6) is 0. The predicted octanol–water partition coefficient (Wildman–Crippen LogP) is 1.66. The number of hydrogen-bond acceptors (Lipinski definition) is 1. The van der Waals surface area contributed by atoms with Gasteiger partial charge in [-0.2, -0.15) is 0 Å². The SMILES string of the molecule is CCN1CCC=C(C)C1. The smallest absolute Gasteiger partial charge is 0.0190 e. The van der Waals surface area contributed by atoms with Gasteiger partial charge in [-0.15, -0.1) is 0 Å². The van der Waals surface area contributed by atoms with Crippen molar-refractivity contribution < 1.29 is 0 Å². The first-order valence-corrected chi connectivity index (χ1v) is 3.71. The summed E-state index contributed by atoms with van der Waals surface area (Å²) in [4.78, 5) is 2.47. The van der Waals surface area contributed by atoms with E-state index in [2.05, 4.69) is 24.8 Å². The van der Waals surface area contributed by atoms with Gasteiger partial charge in [-0.1, -0.05) is 18.6 Å². The molecule has 0 fully saturated rings. The molecule has 1 aliphatic heterocycles. The van der Waals surface area contributed by atoms with Crippen LogP contribution in [-0.4, -0.2) is 24.5 Å². The van der Waals surface area contributed by atoms with Gasteiger partial charge < -0.3 is 0 Å². The monoisotopic (exact) mass is 125 g/mol. The Bertz CT molecular complexity index is 116. The van der Waals surface area contributed by atoms with Crippen LogP contribution in [0.15, 0.2) is 11.6 Å². The molecule has 1 nitrogen and oxygen atoms in total. The molecule has 0 aromatic heterocycles. The molecule has 0 radical (unpaired) electrons. The molecule has 1 heterocycles. The third-order valence-electron chi connectivity index (χ3n) is 1.86. The molecule has 0 bridgehead atoms. The van der Waals surface area contributed by atoms with Crippen LogP contribution in [0.1, 0.15) is 20.3 Å². The Kier molecular flexibility index (Phi) is 2.29. The van der Waals surface area contributed by atoms with Crippen molar-refractivity contribution in [3.05, 3.63) is 11.6 Å². The minimum absolute atomic E-state index is 1.19. The van der Waals surface area contributed by atoms with Crippen LogP contribution in [0, 0.1) is 0 Å². The second-order valence-corrected chi connectivity index (χ2v) is 2.71. The van der Waals surface area contributed by atoms with Crippen molar-refractivity contribution in [2.45, 2.75) is 20.3 Å². The molecule has 0 amide bonds. The maximum Gasteiger partial charge on any atom is 0.0190 e. The van der Waals surface area contributed by atoms with Crippen LogP contribution in [0.25, 0.3) is 0 Å². The number of rotatable bonds is 1. The van der Waals surface area contributed by atoms with E-state index in [9.17, 15) is 0 Å². The van der Waals surface area contributed by atoms with Crippen molar-refractivity contribution in [2.75, 3.05) is 19.6 Å². The molecule has 0 aromatic rings. The summed E-state index contributed by atoms with van der Waals surface area (Å²) in [5.41, 5.74) is 1.53. The number of hydrogen-bond donors (Lipinski definition) is 0. The average Bonchev–Trinajstić information content (AvgIpc) is 1.88. The predicted molar refractivity (Wildman–Crippen MR) is 40.5 cm³/mol. The zero-order chi connectivity index (χ0) is 6.69. The molecule has 0 unspecified atom stereocenters. The lowest BCUT2D eigenvalue weighted by molar-refractivity contribution is 0.306. The van der Waals surface area contributed by atoms with Crippen LogP contribution in [0.5, 0.6) is 0 Å². The van der Waals surface area contributed by atoms with Gasteiger partial charge in [0.1, 0.15) is 0 Å². The summed E-state index contributed by atoms with van der Waals surface area (Å²) >= 11 is 0. The van der Waals surface area contributed by atoms with Gasteiger partial charge in [0.2, 0.25) is 0 Å². The molecular formula is C8H15N. The molecule has 0 aliphatic carbocycles. The average molecular weight is 125 g/mol. The first-order valence-electron chi connectivity index (χ1n) is 3.71. The molecule has 1 rings (SSSR count). The molecule has 1 heteroatoms. The lowest BCUT2D eigenvalue weighted by Gasteiger charge is -2.23. The highest BCUT2D eigenvalue weighted by Crippen LogP contribution is 2.06. The van der Waals surface area contributed by atoms with Gasteiger partial charge >= 0.3 is 0 Å². The molecule has 9 heavy (non-hydrogen) atoms. The highest BCUT2D eigenvalue weighted by molar-refractivity contribution is 5.04. The van der Waals surface area contributed by atoms with Gasteiger partial charge in [-0.05, 0) is 19.9 Å². The second-order valence-electron chi connectivity index (χ2n) is 2.71. The standard InChI is InChI=1S/C8H15N/c1-3-9-6-4-5-8(2)7-9/h5H,3-4,6-7H2,1-2H3. The summed E-state index contributed by atoms with van der Waals surface area (Å²) in [6.45, 7) is 8.08. The Morgan fingerprint density at radius 1 is 1.67 bits per heavy atom. The molecule has 0 spiro atoms. The van der Waals surface area contributed by atoms with Crippen LogP contribution in [-0.2, 0) is 0 Å². The Morgan fingerprint density at radius 3 is 2.89 bits per heavy atom. The number of nitrogens with zero attached hydrogens (tertiary/aromatic N) is 1. The molecule has 52 valence electrons. The minimum atomic E-state index is 1.19. The third kappa shape index (κ3) is 1.83. The first-order chi connectivity index (χ1) is 4.33. The second kappa shape index (κ2) is 3.02. The van der Waals surface area contributed by atoms with Gasteiger partial charge in [0, 0.05) is 13.1 Å². The highest BCUT2D eigenvalue weighted by Gasteiger charge is 2.05. The van der Waals surface area contributed by atoms with Crippen LogP contribution >= 0.6 is 0 Å². The third-order valence-corrected chi connectivity index (χ3v) is 1.86.